The van der Waals surface area contributed by atoms with Crippen molar-refractivity contribution >= 4 is 12.0 Å². The van der Waals surface area contributed by atoms with Gasteiger partial charge in [0.15, 0.2) is 0 Å². The van der Waals surface area contributed by atoms with Gasteiger partial charge in [0.05, 0.1) is 24.7 Å². The molecular formula is C17H22O4. The standard InChI is InChI=1S/C17H22O4/c18-16(19)15-8-10-17(20,11-9-15)13-21-12-4-7-14-5-2-1-3-6-14/h1-7,15,20H,8-13H2,(H,18,19)/b7-4+. The fourth-order valence-corrected chi connectivity index (χ4v) is 2.61. The Balaban J connectivity index is 1.69. The van der Waals surface area contributed by atoms with Gasteiger partial charge in [-0.15, -0.1) is 0 Å². The van der Waals surface area contributed by atoms with E-state index in [1.807, 2.05) is 42.5 Å². The van der Waals surface area contributed by atoms with E-state index in [-0.39, 0.29) is 12.5 Å². The van der Waals surface area contributed by atoms with E-state index in [2.05, 4.69) is 0 Å². The first-order valence-corrected chi connectivity index (χ1v) is 7.34. The molecule has 0 aromatic heterocycles. The van der Waals surface area contributed by atoms with Gasteiger partial charge in [-0.3, -0.25) is 4.79 Å². The lowest BCUT2D eigenvalue weighted by atomic mass is 9.79. The number of benzene rings is 1. The van der Waals surface area contributed by atoms with Crippen molar-refractivity contribution in [2.75, 3.05) is 13.2 Å². The zero-order valence-corrected chi connectivity index (χ0v) is 12.1. The molecule has 0 aliphatic heterocycles. The molecule has 1 aromatic rings. The zero-order chi connectivity index (χ0) is 15.1. The van der Waals surface area contributed by atoms with Gasteiger partial charge in [0.1, 0.15) is 0 Å². The third kappa shape index (κ3) is 4.99. The van der Waals surface area contributed by atoms with Gasteiger partial charge in [0.2, 0.25) is 0 Å². The maximum atomic E-state index is 10.9. The van der Waals surface area contributed by atoms with E-state index >= 15 is 0 Å². The third-order valence-electron chi connectivity index (χ3n) is 3.96. The molecule has 0 heterocycles. The number of ether oxygens (including phenoxy) is 1. The molecule has 0 saturated heterocycles. The summed E-state index contributed by atoms with van der Waals surface area (Å²) < 4.78 is 5.51. The molecule has 2 rings (SSSR count). The van der Waals surface area contributed by atoms with Crippen LogP contribution in [0.4, 0.5) is 0 Å². The minimum atomic E-state index is -0.869. The Morgan fingerprint density at radius 3 is 2.57 bits per heavy atom. The smallest absolute Gasteiger partial charge is 0.306 e. The lowest BCUT2D eigenvalue weighted by Crippen LogP contribution is -2.40. The number of aliphatic carboxylic acids is 1. The van der Waals surface area contributed by atoms with E-state index in [1.165, 1.54) is 0 Å². The van der Waals surface area contributed by atoms with Gasteiger partial charge in [-0.2, -0.15) is 0 Å². The Bertz CT molecular complexity index is 473. The number of carboxylic acids is 1. The van der Waals surface area contributed by atoms with E-state index in [4.69, 9.17) is 9.84 Å². The molecule has 0 atom stereocenters. The molecule has 0 bridgehead atoms. The van der Waals surface area contributed by atoms with Crippen LogP contribution >= 0.6 is 0 Å². The Labute approximate surface area is 125 Å². The van der Waals surface area contributed by atoms with Gasteiger partial charge in [-0.05, 0) is 31.2 Å². The molecule has 1 aromatic carbocycles. The van der Waals surface area contributed by atoms with Crippen molar-refractivity contribution in [1.29, 1.82) is 0 Å². The van der Waals surface area contributed by atoms with Crippen molar-refractivity contribution in [3.05, 3.63) is 42.0 Å². The highest BCUT2D eigenvalue weighted by molar-refractivity contribution is 5.70. The van der Waals surface area contributed by atoms with Gasteiger partial charge >= 0.3 is 5.97 Å². The Morgan fingerprint density at radius 1 is 1.29 bits per heavy atom. The summed E-state index contributed by atoms with van der Waals surface area (Å²) in [7, 11) is 0. The highest BCUT2D eigenvalue weighted by Gasteiger charge is 2.35. The van der Waals surface area contributed by atoms with Gasteiger partial charge in [0.25, 0.3) is 0 Å². The molecule has 4 heteroatoms. The number of hydrogen-bond donors (Lipinski definition) is 2. The second kappa shape index (κ2) is 7.38. The number of rotatable bonds is 6. The van der Waals surface area contributed by atoms with Crippen molar-refractivity contribution in [3.8, 4) is 0 Å². The summed E-state index contributed by atoms with van der Waals surface area (Å²) in [5, 5.41) is 19.3. The van der Waals surface area contributed by atoms with Gasteiger partial charge in [0, 0.05) is 0 Å². The van der Waals surface area contributed by atoms with E-state index in [1.54, 1.807) is 0 Å². The molecule has 2 N–H and O–H groups in total. The van der Waals surface area contributed by atoms with Crippen LogP contribution in [0.5, 0.6) is 0 Å². The zero-order valence-electron chi connectivity index (χ0n) is 12.1. The Kier molecular flexibility index (Phi) is 5.53. The predicted molar refractivity (Wildman–Crippen MR) is 80.8 cm³/mol. The molecule has 0 spiro atoms. The summed E-state index contributed by atoms with van der Waals surface area (Å²) in [6.45, 7) is 0.706. The summed E-state index contributed by atoms with van der Waals surface area (Å²) in [4.78, 5) is 10.9. The van der Waals surface area contributed by atoms with Crippen LogP contribution in [0.1, 0.15) is 31.2 Å². The minimum Gasteiger partial charge on any atom is -0.481 e. The molecule has 0 unspecified atom stereocenters. The second-order valence-electron chi connectivity index (χ2n) is 5.67. The number of aliphatic hydroxyl groups is 1. The first-order valence-electron chi connectivity index (χ1n) is 7.34. The van der Waals surface area contributed by atoms with Crippen molar-refractivity contribution in [2.24, 2.45) is 5.92 Å². The van der Waals surface area contributed by atoms with Crippen LogP contribution in [-0.2, 0) is 9.53 Å². The molecule has 21 heavy (non-hydrogen) atoms. The van der Waals surface area contributed by atoms with Gasteiger partial charge < -0.3 is 14.9 Å². The molecule has 114 valence electrons. The number of hydrogen-bond acceptors (Lipinski definition) is 3. The van der Waals surface area contributed by atoms with E-state index in [0.29, 0.717) is 32.3 Å². The van der Waals surface area contributed by atoms with E-state index in [9.17, 15) is 9.90 Å². The molecule has 4 nitrogen and oxygen atoms in total. The fourth-order valence-electron chi connectivity index (χ4n) is 2.61. The first-order chi connectivity index (χ1) is 10.1. The molecule has 0 amide bonds. The molecule has 1 saturated carbocycles. The molecule has 1 fully saturated rings. The van der Waals surface area contributed by atoms with Crippen LogP contribution in [0.2, 0.25) is 0 Å². The van der Waals surface area contributed by atoms with Crippen molar-refractivity contribution < 1.29 is 19.7 Å². The molecule has 1 aliphatic carbocycles. The lowest BCUT2D eigenvalue weighted by molar-refractivity contribution is -0.146. The first kappa shape index (κ1) is 15.7. The van der Waals surface area contributed by atoms with Gasteiger partial charge in [-0.1, -0.05) is 42.5 Å². The minimum absolute atomic E-state index is 0.262. The van der Waals surface area contributed by atoms with Crippen molar-refractivity contribution in [2.45, 2.75) is 31.3 Å². The highest BCUT2D eigenvalue weighted by atomic mass is 16.5. The van der Waals surface area contributed by atoms with Crippen molar-refractivity contribution in [1.82, 2.24) is 0 Å². The van der Waals surface area contributed by atoms with Crippen LogP contribution in [-0.4, -0.2) is 35.0 Å². The molecule has 1 aliphatic rings. The third-order valence-corrected chi connectivity index (χ3v) is 3.96. The largest absolute Gasteiger partial charge is 0.481 e. The maximum Gasteiger partial charge on any atom is 0.306 e. The monoisotopic (exact) mass is 290 g/mol. The molecule has 0 radical (unpaired) electrons. The van der Waals surface area contributed by atoms with E-state index in [0.717, 1.165) is 5.56 Å². The second-order valence-corrected chi connectivity index (χ2v) is 5.67. The van der Waals surface area contributed by atoms with Crippen LogP contribution in [0.25, 0.3) is 6.08 Å². The summed E-state index contributed by atoms with van der Waals surface area (Å²) in [5.41, 5.74) is 0.244. The quantitative estimate of drug-likeness (QED) is 0.791. The summed E-state index contributed by atoms with van der Waals surface area (Å²) in [6.07, 6.45) is 5.93. The SMILES string of the molecule is O=C(O)C1CCC(O)(COC/C=C/c2ccccc2)CC1. The maximum absolute atomic E-state index is 10.9. The topological polar surface area (TPSA) is 66.8 Å². The highest BCUT2D eigenvalue weighted by Crippen LogP contribution is 2.32. The average Bonchev–Trinajstić information content (AvgIpc) is 2.48. The fraction of sp³-hybridized carbons (Fsp3) is 0.471. The van der Waals surface area contributed by atoms with Gasteiger partial charge in [-0.25, -0.2) is 0 Å². The van der Waals surface area contributed by atoms with Crippen LogP contribution in [0.15, 0.2) is 36.4 Å². The van der Waals surface area contributed by atoms with Crippen molar-refractivity contribution in [3.63, 3.8) is 0 Å². The summed E-state index contributed by atoms with van der Waals surface area (Å²) in [6, 6.07) is 9.94. The predicted octanol–water partition coefficient (Wildman–Crippen LogP) is 2.72. The van der Waals surface area contributed by atoms with Crippen LogP contribution < -0.4 is 0 Å². The molecular weight excluding hydrogens is 268 g/mol. The lowest BCUT2D eigenvalue weighted by Gasteiger charge is -2.34. The number of carbonyl (C=O) groups is 1. The number of carboxylic acid groups (broad SMARTS) is 1. The summed E-state index contributed by atoms with van der Waals surface area (Å²) >= 11 is 0. The van der Waals surface area contributed by atoms with Crippen LogP contribution in [0, 0.1) is 5.92 Å². The Hall–Kier alpha value is -1.65. The van der Waals surface area contributed by atoms with E-state index < -0.39 is 11.6 Å². The normalized spacial score (nSPS) is 26.0. The van der Waals surface area contributed by atoms with Crippen LogP contribution in [0.3, 0.4) is 0 Å². The summed E-state index contributed by atoms with van der Waals surface area (Å²) in [5.74, 6) is -1.08. The Morgan fingerprint density at radius 2 is 1.95 bits per heavy atom. The average molecular weight is 290 g/mol.